The molecule has 0 bridgehead atoms. The van der Waals surface area contributed by atoms with Gasteiger partial charge in [0.05, 0.1) is 11.7 Å². The smallest absolute Gasteiger partial charge is 0.391 e. The first-order chi connectivity index (χ1) is 9.86. The first kappa shape index (κ1) is 15.6. The van der Waals surface area contributed by atoms with Crippen LogP contribution in [0.2, 0.25) is 0 Å². The molecular formula is C15H16F3NO2. The number of aliphatic hydroxyl groups is 1. The molecule has 6 heteroatoms. The summed E-state index contributed by atoms with van der Waals surface area (Å²) in [5.41, 5.74) is -0.429. The maximum absolute atomic E-state index is 12.6. The summed E-state index contributed by atoms with van der Waals surface area (Å²) in [7, 11) is 0. The van der Waals surface area contributed by atoms with Crippen molar-refractivity contribution in [3.63, 3.8) is 0 Å². The lowest BCUT2D eigenvalue weighted by Gasteiger charge is -2.29. The molecule has 1 amide bonds. The van der Waals surface area contributed by atoms with Gasteiger partial charge >= 0.3 is 6.18 Å². The van der Waals surface area contributed by atoms with Crippen molar-refractivity contribution in [3.8, 4) is 0 Å². The van der Waals surface area contributed by atoms with Gasteiger partial charge in [-0.1, -0.05) is 12.1 Å². The van der Waals surface area contributed by atoms with E-state index in [-0.39, 0.29) is 12.5 Å². The number of carbonyl (C=O) groups excluding carboxylic acids is 1. The van der Waals surface area contributed by atoms with Gasteiger partial charge in [0.2, 0.25) is 5.91 Å². The Morgan fingerprint density at radius 1 is 1.38 bits per heavy atom. The normalized spacial score (nSPS) is 20.0. The number of nitrogens with zero attached hydrogens (tertiary/aromatic N) is 1. The summed E-state index contributed by atoms with van der Waals surface area (Å²) in [4.78, 5) is 13.4. The van der Waals surface area contributed by atoms with Crippen LogP contribution >= 0.6 is 0 Å². The molecule has 1 fully saturated rings. The molecule has 114 valence electrons. The van der Waals surface area contributed by atoms with Gasteiger partial charge in [0.15, 0.2) is 0 Å². The van der Waals surface area contributed by atoms with E-state index < -0.39 is 17.8 Å². The molecule has 1 heterocycles. The maximum atomic E-state index is 12.6. The minimum atomic E-state index is -4.40. The lowest BCUT2D eigenvalue weighted by Crippen LogP contribution is -2.41. The first-order valence-corrected chi connectivity index (χ1v) is 6.68. The molecule has 0 aliphatic carbocycles. The second-order valence-corrected chi connectivity index (χ2v) is 5.04. The SMILES string of the molecule is O=C(C=Cc1cccc(C(F)(F)F)c1)N1CCCC(O)C1. The van der Waals surface area contributed by atoms with Crippen molar-refractivity contribution in [3.05, 3.63) is 41.5 Å². The van der Waals surface area contributed by atoms with Crippen LogP contribution in [0, 0.1) is 0 Å². The van der Waals surface area contributed by atoms with Crippen LogP contribution in [0.3, 0.4) is 0 Å². The summed E-state index contributed by atoms with van der Waals surface area (Å²) in [5.74, 6) is -0.300. The van der Waals surface area contributed by atoms with E-state index in [4.69, 9.17) is 0 Å². The molecule has 1 saturated heterocycles. The number of piperidine rings is 1. The molecule has 0 radical (unpaired) electrons. The number of β-amino-alcohol motifs (C(OH)–C–C–N with tert-alkyl or cyclic N) is 1. The monoisotopic (exact) mass is 299 g/mol. The Hall–Kier alpha value is -1.82. The molecule has 1 atom stereocenters. The Morgan fingerprint density at radius 3 is 2.81 bits per heavy atom. The number of carbonyl (C=O) groups is 1. The van der Waals surface area contributed by atoms with Crippen LogP contribution in [0.15, 0.2) is 30.3 Å². The zero-order valence-electron chi connectivity index (χ0n) is 11.3. The highest BCUT2D eigenvalue weighted by Crippen LogP contribution is 2.29. The van der Waals surface area contributed by atoms with Crippen molar-refractivity contribution < 1.29 is 23.1 Å². The Morgan fingerprint density at radius 2 is 2.14 bits per heavy atom. The van der Waals surface area contributed by atoms with Gasteiger partial charge in [0.1, 0.15) is 0 Å². The fourth-order valence-corrected chi connectivity index (χ4v) is 2.25. The van der Waals surface area contributed by atoms with E-state index in [0.717, 1.165) is 18.6 Å². The van der Waals surface area contributed by atoms with E-state index in [1.165, 1.54) is 29.2 Å². The zero-order chi connectivity index (χ0) is 15.5. The third-order valence-electron chi connectivity index (χ3n) is 3.34. The van der Waals surface area contributed by atoms with Crippen LogP contribution in [0.25, 0.3) is 6.08 Å². The topological polar surface area (TPSA) is 40.5 Å². The van der Waals surface area contributed by atoms with E-state index in [1.54, 1.807) is 0 Å². The average Bonchev–Trinajstić information content (AvgIpc) is 2.44. The van der Waals surface area contributed by atoms with Gasteiger partial charge in [0, 0.05) is 19.2 Å². The van der Waals surface area contributed by atoms with E-state index in [9.17, 15) is 23.1 Å². The predicted octanol–water partition coefficient (Wildman–Crippen LogP) is 2.70. The zero-order valence-corrected chi connectivity index (χ0v) is 11.3. The van der Waals surface area contributed by atoms with Crippen LogP contribution < -0.4 is 0 Å². The van der Waals surface area contributed by atoms with Crippen molar-refractivity contribution in [2.45, 2.75) is 25.1 Å². The first-order valence-electron chi connectivity index (χ1n) is 6.68. The lowest BCUT2D eigenvalue weighted by atomic mass is 10.1. The summed E-state index contributed by atoms with van der Waals surface area (Å²) < 4.78 is 37.7. The number of hydrogen-bond donors (Lipinski definition) is 1. The highest BCUT2D eigenvalue weighted by Gasteiger charge is 2.30. The molecule has 3 nitrogen and oxygen atoms in total. The minimum Gasteiger partial charge on any atom is -0.391 e. The van der Waals surface area contributed by atoms with E-state index in [0.29, 0.717) is 18.5 Å². The molecule has 0 aromatic heterocycles. The summed E-state index contributed by atoms with van der Waals surface area (Å²) in [6, 6.07) is 4.79. The van der Waals surface area contributed by atoms with Gasteiger partial charge in [-0.2, -0.15) is 13.2 Å². The number of hydrogen-bond acceptors (Lipinski definition) is 2. The van der Waals surface area contributed by atoms with E-state index >= 15 is 0 Å². The van der Waals surface area contributed by atoms with Crippen molar-refractivity contribution >= 4 is 12.0 Å². The van der Waals surface area contributed by atoms with Gasteiger partial charge in [-0.25, -0.2) is 0 Å². The van der Waals surface area contributed by atoms with Crippen LogP contribution in [0.5, 0.6) is 0 Å². The number of amides is 1. The lowest BCUT2D eigenvalue weighted by molar-refractivity contribution is -0.137. The number of rotatable bonds is 2. The number of aliphatic hydroxyl groups excluding tert-OH is 1. The summed E-state index contributed by atoms with van der Waals surface area (Å²) in [6.45, 7) is 0.828. The van der Waals surface area contributed by atoms with E-state index in [1.807, 2.05) is 0 Å². The predicted molar refractivity (Wildman–Crippen MR) is 72.3 cm³/mol. The van der Waals surface area contributed by atoms with Gasteiger partial charge < -0.3 is 10.0 Å². The third kappa shape index (κ3) is 4.32. The Labute approximate surface area is 120 Å². The molecule has 1 aliphatic heterocycles. The molecule has 2 rings (SSSR count). The number of halogens is 3. The molecule has 0 saturated carbocycles. The maximum Gasteiger partial charge on any atom is 0.416 e. The average molecular weight is 299 g/mol. The molecule has 1 unspecified atom stereocenters. The summed E-state index contributed by atoms with van der Waals surface area (Å²) in [6.07, 6.45) is -0.924. The Balaban J connectivity index is 2.05. The van der Waals surface area contributed by atoms with E-state index in [2.05, 4.69) is 0 Å². The largest absolute Gasteiger partial charge is 0.416 e. The van der Waals surface area contributed by atoms with Gasteiger partial charge in [0.25, 0.3) is 0 Å². The van der Waals surface area contributed by atoms with Crippen LogP contribution in [0.1, 0.15) is 24.0 Å². The van der Waals surface area contributed by atoms with Crippen molar-refractivity contribution in [1.29, 1.82) is 0 Å². The fourth-order valence-electron chi connectivity index (χ4n) is 2.25. The van der Waals surface area contributed by atoms with Crippen LogP contribution in [-0.4, -0.2) is 35.1 Å². The molecule has 1 aromatic rings. The number of alkyl halides is 3. The standard InChI is InChI=1S/C15H16F3NO2/c16-15(17,18)12-4-1-3-11(9-12)6-7-14(21)19-8-2-5-13(20)10-19/h1,3-4,6-7,9,13,20H,2,5,8,10H2. The highest BCUT2D eigenvalue weighted by molar-refractivity contribution is 5.91. The van der Waals surface area contributed by atoms with Gasteiger partial charge in [-0.05, 0) is 36.6 Å². The fraction of sp³-hybridized carbons (Fsp3) is 0.400. The Bertz CT molecular complexity index is 540. The number of benzene rings is 1. The highest BCUT2D eigenvalue weighted by atomic mass is 19.4. The molecular weight excluding hydrogens is 283 g/mol. The summed E-state index contributed by atoms with van der Waals surface area (Å²) >= 11 is 0. The second-order valence-electron chi connectivity index (χ2n) is 5.04. The van der Waals surface area contributed by atoms with Crippen molar-refractivity contribution in [2.24, 2.45) is 0 Å². The van der Waals surface area contributed by atoms with Crippen LogP contribution in [-0.2, 0) is 11.0 Å². The molecule has 0 spiro atoms. The molecule has 1 N–H and O–H groups in total. The quantitative estimate of drug-likeness (QED) is 0.853. The minimum absolute atomic E-state index is 0.270. The molecule has 21 heavy (non-hydrogen) atoms. The summed E-state index contributed by atoms with van der Waals surface area (Å²) in [5, 5.41) is 9.50. The van der Waals surface area contributed by atoms with Gasteiger partial charge in [-0.3, -0.25) is 4.79 Å². The third-order valence-corrected chi connectivity index (χ3v) is 3.34. The molecule has 1 aromatic carbocycles. The Kier molecular flexibility index (Phi) is 4.67. The van der Waals surface area contributed by atoms with Crippen molar-refractivity contribution in [2.75, 3.05) is 13.1 Å². The van der Waals surface area contributed by atoms with Gasteiger partial charge in [-0.15, -0.1) is 0 Å². The number of likely N-dealkylation sites (tertiary alicyclic amines) is 1. The van der Waals surface area contributed by atoms with Crippen molar-refractivity contribution in [1.82, 2.24) is 4.90 Å². The second kappa shape index (κ2) is 6.30. The van der Waals surface area contributed by atoms with Crippen LogP contribution in [0.4, 0.5) is 13.2 Å². The molecule has 1 aliphatic rings.